The van der Waals surface area contributed by atoms with E-state index < -0.39 is 0 Å². The third-order valence-electron chi connectivity index (χ3n) is 2.93. The molecule has 0 saturated carbocycles. The number of aromatic nitrogens is 2. The lowest BCUT2D eigenvalue weighted by Gasteiger charge is -2.13. The first-order valence-corrected chi connectivity index (χ1v) is 6.33. The van der Waals surface area contributed by atoms with Crippen molar-refractivity contribution in [3.8, 4) is 0 Å². The molecule has 1 atom stereocenters. The van der Waals surface area contributed by atoms with Gasteiger partial charge in [-0.3, -0.25) is 9.59 Å². The summed E-state index contributed by atoms with van der Waals surface area (Å²) in [5.74, 6) is -0.144. The van der Waals surface area contributed by atoms with Gasteiger partial charge in [-0.1, -0.05) is 0 Å². The third-order valence-corrected chi connectivity index (χ3v) is 2.93. The van der Waals surface area contributed by atoms with Crippen LogP contribution in [-0.2, 0) is 16.1 Å². The van der Waals surface area contributed by atoms with Crippen molar-refractivity contribution < 1.29 is 14.3 Å². The first kappa shape index (κ1) is 14.2. The molecule has 0 bridgehead atoms. The van der Waals surface area contributed by atoms with E-state index in [-0.39, 0.29) is 18.5 Å². The van der Waals surface area contributed by atoms with Crippen LogP contribution in [0.1, 0.15) is 17.3 Å². The van der Waals surface area contributed by atoms with E-state index in [4.69, 9.17) is 4.74 Å². The minimum atomic E-state index is -0.144. The van der Waals surface area contributed by atoms with Crippen LogP contribution >= 0.6 is 0 Å². The van der Waals surface area contributed by atoms with Crippen LogP contribution < -0.4 is 5.32 Å². The van der Waals surface area contributed by atoms with Gasteiger partial charge in [0.1, 0.15) is 12.2 Å². The SMILES string of the molecule is COCC(C)NC(=O)Cn1cc(C=O)c2cccnc21. The maximum absolute atomic E-state index is 11.9. The molecule has 0 aromatic carbocycles. The number of ether oxygens (including phenoxy) is 1. The Morgan fingerprint density at radius 3 is 3.10 bits per heavy atom. The van der Waals surface area contributed by atoms with E-state index in [2.05, 4.69) is 10.3 Å². The van der Waals surface area contributed by atoms with Crippen molar-refractivity contribution in [1.82, 2.24) is 14.9 Å². The molecular formula is C14H17N3O3. The quantitative estimate of drug-likeness (QED) is 0.798. The van der Waals surface area contributed by atoms with Gasteiger partial charge < -0.3 is 14.6 Å². The Morgan fingerprint density at radius 1 is 1.60 bits per heavy atom. The molecule has 0 spiro atoms. The number of nitrogens with zero attached hydrogens (tertiary/aromatic N) is 2. The van der Waals surface area contributed by atoms with Crippen molar-refractivity contribution in [2.45, 2.75) is 19.5 Å². The first-order chi connectivity index (χ1) is 9.65. The lowest BCUT2D eigenvalue weighted by atomic mass is 10.2. The van der Waals surface area contributed by atoms with E-state index in [9.17, 15) is 9.59 Å². The predicted molar refractivity (Wildman–Crippen MR) is 74.6 cm³/mol. The maximum Gasteiger partial charge on any atom is 0.240 e. The summed E-state index contributed by atoms with van der Waals surface area (Å²) in [7, 11) is 1.59. The summed E-state index contributed by atoms with van der Waals surface area (Å²) in [5, 5.41) is 3.57. The molecule has 6 heteroatoms. The maximum atomic E-state index is 11.9. The number of hydrogen-bond donors (Lipinski definition) is 1. The van der Waals surface area contributed by atoms with Crippen LogP contribution in [0.15, 0.2) is 24.5 Å². The summed E-state index contributed by atoms with van der Waals surface area (Å²) >= 11 is 0. The molecule has 0 saturated heterocycles. The summed E-state index contributed by atoms with van der Waals surface area (Å²) in [6.45, 7) is 2.44. The predicted octanol–water partition coefficient (Wildman–Crippen LogP) is 1.000. The number of fused-ring (bicyclic) bond motifs is 1. The van der Waals surface area contributed by atoms with Crippen molar-refractivity contribution >= 4 is 23.2 Å². The van der Waals surface area contributed by atoms with Gasteiger partial charge in [0, 0.05) is 36.5 Å². The molecule has 1 unspecified atom stereocenters. The number of hydrogen-bond acceptors (Lipinski definition) is 4. The van der Waals surface area contributed by atoms with Gasteiger partial charge in [-0.05, 0) is 19.1 Å². The van der Waals surface area contributed by atoms with Crippen LogP contribution in [0.2, 0.25) is 0 Å². The topological polar surface area (TPSA) is 73.2 Å². The van der Waals surface area contributed by atoms with Gasteiger partial charge in [-0.2, -0.15) is 0 Å². The molecule has 1 amide bonds. The highest BCUT2D eigenvalue weighted by molar-refractivity contribution is 5.96. The van der Waals surface area contributed by atoms with Crippen LogP contribution in [0.5, 0.6) is 0 Å². The van der Waals surface area contributed by atoms with E-state index in [1.807, 2.05) is 13.0 Å². The van der Waals surface area contributed by atoms with Crippen molar-refractivity contribution in [2.24, 2.45) is 0 Å². The molecule has 106 valence electrons. The average molecular weight is 275 g/mol. The minimum absolute atomic E-state index is 0.0622. The van der Waals surface area contributed by atoms with Gasteiger partial charge in [-0.25, -0.2) is 4.98 Å². The average Bonchev–Trinajstić information content (AvgIpc) is 2.77. The zero-order valence-corrected chi connectivity index (χ0v) is 11.5. The Hall–Kier alpha value is -2.21. The number of amides is 1. The molecular weight excluding hydrogens is 258 g/mol. The second-order valence-electron chi connectivity index (χ2n) is 4.63. The number of carbonyl (C=O) groups is 2. The third kappa shape index (κ3) is 3.03. The highest BCUT2D eigenvalue weighted by atomic mass is 16.5. The molecule has 20 heavy (non-hydrogen) atoms. The molecule has 1 N–H and O–H groups in total. The smallest absolute Gasteiger partial charge is 0.240 e. The summed E-state index contributed by atoms with van der Waals surface area (Å²) in [6.07, 6.45) is 4.05. The molecule has 2 aromatic rings. The Morgan fingerprint density at radius 2 is 2.40 bits per heavy atom. The van der Waals surface area contributed by atoms with E-state index in [0.717, 1.165) is 11.7 Å². The summed E-state index contributed by atoms with van der Waals surface area (Å²) in [6, 6.07) is 3.52. The van der Waals surface area contributed by atoms with Crippen molar-refractivity contribution in [1.29, 1.82) is 0 Å². The van der Waals surface area contributed by atoms with E-state index in [1.54, 1.807) is 30.1 Å². The van der Waals surface area contributed by atoms with Crippen LogP contribution in [0.4, 0.5) is 0 Å². The Bertz CT molecular complexity index is 621. The molecule has 0 aliphatic rings. The monoisotopic (exact) mass is 275 g/mol. The zero-order valence-electron chi connectivity index (χ0n) is 11.5. The van der Waals surface area contributed by atoms with Gasteiger partial charge in [0.25, 0.3) is 0 Å². The normalized spacial score (nSPS) is 12.3. The zero-order chi connectivity index (χ0) is 14.5. The van der Waals surface area contributed by atoms with Crippen LogP contribution in [0.25, 0.3) is 11.0 Å². The second-order valence-corrected chi connectivity index (χ2v) is 4.63. The van der Waals surface area contributed by atoms with Crippen LogP contribution in [0, 0.1) is 0 Å². The number of carbonyl (C=O) groups excluding carboxylic acids is 2. The van der Waals surface area contributed by atoms with Gasteiger partial charge in [-0.15, -0.1) is 0 Å². The fourth-order valence-corrected chi connectivity index (χ4v) is 2.13. The number of pyridine rings is 1. The lowest BCUT2D eigenvalue weighted by molar-refractivity contribution is -0.122. The number of nitrogens with one attached hydrogen (secondary N) is 1. The Kier molecular flexibility index (Phi) is 4.47. The molecule has 0 radical (unpaired) electrons. The van der Waals surface area contributed by atoms with E-state index >= 15 is 0 Å². The standard InChI is InChI=1S/C14H17N3O3/c1-10(9-20-2)16-13(19)7-17-6-11(8-18)12-4-3-5-15-14(12)17/h3-6,8,10H,7,9H2,1-2H3,(H,16,19). The van der Waals surface area contributed by atoms with Crippen LogP contribution in [0.3, 0.4) is 0 Å². The lowest BCUT2D eigenvalue weighted by Crippen LogP contribution is -2.37. The van der Waals surface area contributed by atoms with E-state index in [1.165, 1.54) is 0 Å². The molecule has 2 aromatic heterocycles. The van der Waals surface area contributed by atoms with Gasteiger partial charge >= 0.3 is 0 Å². The van der Waals surface area contributed by atoms with E-state index in [0.29, 0.717) is 17.8 Å². The molecule has 6 nitrogen and oxygen atoms in total. The summed E-state index contributed by atoms with van der Waals surface area (Å²) < 4.78 is 6.64. The van der Waals surface area contributed by atoms with Crippen molar-refractivity contribution in [3.05, 3.63) is 30.1 Å². The number of methoxy groups -OCH3 is 1. The molecule has 2 heterocycles. The summed E-state index contributed by atoms with van der Waals surface area (Å²) in [4.78, 5) is 27.2. The van der Waals surface area contributed by atoms with Crippen molar-refractivity contribution in [2.75, 3.05) is 13.7 Å². The van der Waals surface area contributed by atoms with Gasteiger partial charge in [0.15, 0.2) is 6.29 Å². The largest absolute Gasteiger partial charge is 0.383 e. The van der Waals surface area contributed by atoms with Crippen molar-refractivity contribution in [3.63, 3.8) is 0 Å². The summed E-state index contributed by atoms with van der Waals surface area (Å²) in [5.41, 5.74) is 1.16. The number of aldehydes is 1. The molecule has 0 fully saturated rings. The molecule has 0 aliphatic carbocycles. The second kappa shape index (κ2) is 6.29. The minimum Gasteiger partial charge on any atom is -0.383 e. The van der Waals surface area contributed by atoms with Gasteiger partial charge in [0.2, 0.25) is 5.91 Å². The molecule has 2 rings (SSSR count). The first-order valence-electron chi connectivity index (χ1n) is 6.33. The molecule has 0 aliphatic heterocycles. The fraction of sp³-hybridized carbons (Fsp3) is 0.357. The van der Waals surface area contributed by atoms with Gasteiger partial charge in [0.05, 0.1) is 6.61 Å². The number of rotatable bonds is 6. The highest BCUT2D eigenvalue weighted by Gasteiger charge is 2.12. The van der Waals surface area contributed by atoms with Crippen LogP contribution in [-0.4, -0.2) is 41.5 Å². The highest BCUT2D eigenvalue weighted by Crippen LogP contribution is 2.17. The fourth-order valence-electron chi connectivity index (χ4n) is 2.13. The Labute approximate surface area is 116 Å². The Balaban J connectivity index is 2.17.